The first-order valence-electron chi connectivity index (χ1n) is 7.78. The van der Waals surface area contributed by atoms with Crippen molar-refractivity contribution in [2.24, 2.45) is 5.92 Å². The molecule has 1 aromatic carbocycles. The summed E-state index contributed by atoms with van der Waals surface area (Å²) in [4.78, 5) is 0. The van der Waals surface area contributed by atoms with Gasteiger partial charge < -0.3 is 10.1 Å². The van der Waals surface area contributed by atoms with Crippen molar-refractivity contribution in [3.63, 3.8) is 0 Å². The maximum absolute atomic E-state index is 5.66. The summed E-state index contributed by atoms with van der Waals surface area (Å²) in [6.45, 7) is 7.56. The van der Waals surface area contributed by atoms with Crippen LogP contribution >= 0.6 is 0 Å². The summed E-state index contributed by atoms with van der Waals surface area (Å²) in [7, 11) is 0. The van der Waals surface area contributed by atoms with Crippen molar-refractivity contribution in [3.05, 3.63) is 29.8 Å². The summed E-state index contributed by atoms with van der Waals surface area (Å²) in [5, 5.41) is 3.53. The topological polar surface area (TPSA) is 21.3 Å². The maximum atomic E-state index is 5.66. The van der Waals surface area contributed by atoms with Gasteiger partial charge in [-0.05, 0) is 61.9 Å². The molecule has 1 fully saturated rings. The molecule has 0 spiro atoms. The van der Waals surface area contributed by atoms with Gasteiger partial charge >= 0.3 is 0 Å². The number of piperidine rings is 1. The van der Waals surface area contributed by atoms with Crippen molar-refractivity contribution in [1.29, 1.82) is 0 Å². The van der Waals surface area contributed by atoms with Crippen molar-refractivity contribution in [3.8, 4) is 5.75 Å². The summed E-state index contributed by atoms with van der Waals surface area (Å²) >= 11 is 0. The van der Waals surface area contributed by atoms with E-state index >= 15 is 0 Å². The second kappa shape index (κ2) is 7.54. The van der Waals surface area contributed by atoms with E-state index in [0.29, 0.717) is 0 Å². The molecule has 0 saturated carbocycles. The second-order valence-corrected chi connectivity index (χ2v) is 5.57. The Labute approximate surface area is 117 Å². The Morgan fingerprint density at radius 1 is 1.16 bits per heavy atom. The SMILES string of the molecule is CCCOc1ccc(C2CCNCC2CCC)cc1. The van der Waals surface area contributed by atoms with Gasteiger partial charge in [0.15, 0.2) is 0 Å². The van der Waals surface area contributed by atoms with Crippen LogP contribution in [0.1, 0.15) is 51.0 Å². The first kappa shape index (κ1) is 14.4. The van der Waals surface area contributed by atoms with E-state index in [1.807, 2.05) is 0 Å². The van der Waals surface area contributed by atoms with Crippen LogP contribution in [-0.4, -0.2) is 19.7 Å². The maximum Gasteiger partial charge on any atom is 0.119 e. The Bertz CT molecular complexity index is 358. The normalized spacial score (nSPS) is 23.3. The Morgan fingerprint density at radius 3 is 2.63 bits per heavy atom. The zero-order valence-electron chi connectivity index (χ0n) is 12.3. The Kier molecular flexibility index (Phi) is 5.71. The van der Waals surface area contributed by atoms with Gasteiger partial charge in [-0.25, -0.2) is 0 Å². The van der Waals surface area contributed by atoms with Crippen LogP contribution in [0.4, 0.5) is 0 Å². The number of nitrogens with one attached hydrogen (secondary N) is 1. The lowest BCUT2D eigenvalue weighted by molar-refractivity contribution is 0.304. The van der Waals surface area contributed by atoms with Crippen molar-refractivity contribution >= 4 is 0 Å². The van der Waals surface area contributed by atoms with Gasteiger partial charge in [-0.2, -0.15) is 0 Å². The highest BCUT2D eigenvalue weighted by Crippen LogP contribution is 2.33. The Morgan fingerprint density at radius 2 is 1.95 bits per heavy atom. The van der Waals surface area contributed by atoms with Crippen LogP contribution in [0.25, 0.3) is 0 Å². The molecule has 2 rings (SSSR count). The van der Waals surface area contributed by atoms with Gasteiger partial charge in [0.2, 0.25) is 0 Å². The third-order valence-corrected chi connectivity index (χ3v) is 4.05. The van der Waals surface area contributed by atoms with E-state index < -0.39 is 0 Å². The highest BCUT2D eigenvalue weighted by Gasteiger charge is 2.25. The fourth-order valence-electron chi connectivity index (χ4n) is 3.07. The molecule has 0 amide bonds. The van der Waals surface area contributed by atoms with E-state index in [1.165, 1.54) is 31.4 Å². The van der Waals surface area contributed by atoms with Crippen LogP contribution in [0.2, 0.25) is 0 Å². The molecule has 106 valence electrons. The fourth-order valence-corrected chi connectivity index (χ4v) is 3.07. The minimum atomic E-state index is 0.724. The van der Waals surface area contributed by atoms with Gasteiger partial charge in [-0.1, -0.05) is 32.4 Å². The number of ether oxygens (including phenoxy) is 1. The monoisotopic (exact) mass is 261 g/mol. The van der Waals surface area contributed by atoms with Crippen molar-refractivity contribution in [1.82, 2.24) is 5.32 Å². The molecule has 0 aromatic heterocycles. The lowest BCUT2D eigenvalue weighted by Gasteiger charge is -2.32. The Hall–Kier alpha value is -1.02. The molecule has 1 saturated heterocycles. The number of rotatable bonds is 6. The zero-order valence-corrected chi connectivity index (χ0v) is 12.3. The molecule has 1 aliphatic rings. The van der Waals surface area contributed by atoms with E-state index in [4.69, 9.17) is 4.74 Å². The molecule has 2 unspecified atom stereocenters. The standard InChI is InChI=1S/C17H27NO/c1-3-5-15-13-18-11-10-17(15)14-6-8-16(9-7-14)19-12-4-2/h6-9,15,17-18H,3-5,10-13H2,1-2H3. The summed E-state index contributed by atoms with van der Waals surface area (Å²) in [6, 6.07) is 8.80. The quantitative estimate of drug-likeness (QED) is 0.836. The van der Waals surface area contributed by atoms with Crippen LogP contribution in [0.3, 0.4) is 0 Å². The summed E-state index contributed by atoms with van der Waals surface area (Å²) in [5.41, 5.74) is 1.49. The summed E-state index contributed by atoms with van der Waals surface area (Å²) in [6.07, 6.45) is 4.93. The molecule has 1 N–H and O–H groups in total. The van der Waals surface area contributed by atoms with E-state index in [9.17, 15) is 0 Å². The molecule has 2 nitrogen and oxygen atoms in total. The third-order valence-electron chi connectivity index (χ3n) is 4.05. The first-order valence-corrected chi connectivity index (χ1v) is 7.78. The second-order valence-electron chi connectivity index (χ2n) is 5.57. The van der Waals surface area contributed by atoms with Gasteiger partial charge in [0.05, 0.1) is 6.61 Å². The average Bonchev–Trinajstić information content (AvgIpc) is 2.47. The van der Waals surface area contributed by atoms with Crippen molar-refractivity contribution in [2.75, 3.05) is 19.7 Å². The van der Waals surface area contributed by atoms with Crippen LogP contribution in [0.15, 0.2) is 24.3 Å². The number of benzene rings is 1. The predicted molar refractivity (Wildman–Crippen MR) is 80.9 cm³/mol. The molecule has 2 heteroatoms. The summed E-state index contributed by atoms with van der Waals surface area (Å²) in [5.74, 6) is 2.52. The van der Waals surface area contributed by atoms with E-state index in [2.05, 4.69) is 43.4 Å². The average molecular weight is 261 g/mol. The molecule has 1 heterocycles. The Balaban J connectivity index is 2.02. The lowest BCUT2D eigenvalue weighted by atomic mass is 9.79. The molecule has 19 heavy (non-hydrogen) atoms. The predicted octanol–water partition coefficient (Wildman–Crippen LogP) is 3.97. The molecule has 1 aliphatic heterocycles. The minimum Gasteiger partial charge on any atom is -0.494 e. The molecule has 2 atom stereocenters. The highest BCUT2D eigenvalue weighted by atomic mass is 16.5. The lowest BCUT2D eigenvalue weighted by Crippen LogP contribution is -2.35. The van der Waals surface area contributed by atoms with Gasteiger partial charge in [0.25, 0.3) is 0 Å². The van der Waals surface area contributed by atoms with E-state index in [-0.39, 0.29) is 0 Å². The molecule has 0 bridgehead atoms. The molecule has 0 aliphatic carbocycles. The first-order chi connectivity index (χ1) is 9.35. The zero-order chi connectivity index (χ0) is 13.5. The van der Waals surface area contributed by atoms with Gasteiger partial charge in [-0.3, -0.25) is 0 Å². The smallest absolute Gasteiger partial charge is 0.119 e. The number of hydrogen-bond acceptors (Lipinski definition) is 2. The van der Waals surface area contributed by atoms with Gasteiger partial charge in [-0.15, -0.1) is 0 Å². The molecule has 0 radical (unpaired) electrons. The fraction of sp³-hybridized carbons (Fsp3) is 0.647. The minimum absolute atomic E-state index is 0.724. The van der Waals surface area contributed by atoms with Crippen molar-refractivity contribution in [2.45, 2.75) is 45.4 Å². The van der Waals surface area contributed by atoms with Crippen LogP contribution in [0, 0.1) is 5.92 Å². The number of hydrogen-bond donors (Lipinski definition) is 1. The third kappa shape index (κ3) is 3.97. The van der Waals surface area contributed by atoms with E-state index in [1.54, 1.807) is 0 Å². The molecular formula is C17H27NO. The summed E-state index contributed by atoms with van der Waals surface area (Å²) < 4.78 is 5.66. The van der Waals surface area contributed by atoms with Gasteiger partial charge in [0.1, 0.15) is 5.75 Å². The van der Waals surface area contributed by atoms with Crippen LogP contribution in [-0.2, 0) is 0 Å². The molecule has 1 aromatic rings. The van der Waals surface area contributed by atoms with Crippen LogP contribution < -0.4 is 10.1 Å². The van der Waals surface area contributed by atoms with Crippen molar-refractivity contribution < 1.29 is 4.74 Å². The van der Waals surface area contributed by atoms with E-state index in [0.717, 1.165) is 37.2 Å². The molecular weight excluding hydrogens is 234 g/mol. The largest absolute Gasteiger partial charge is 0.494 e. The van der Waals surface area contributed by atoms with Gasteiger partial charge in [0, 0.05) is 0 Å². The van der Waals surface area contributed by atoms with Crippen LogP contribution in [0.5, 0.6) is 5.75 Å². The highest BCUT2D eigenvalue weighted by molar-refractivity contribution is 5.30.